The summed E-state index contributed by atoms with van der Waals surface area (Å²) in [6.45, 7) is 0. The molecule has 6 nitrogen and oxygen atoms in total. The van der Waals surface area contributed by atoms with Gasteiger partial charge < -0.3 is 9.47 Å². The lowest BCUT2D eigenvalue weighted by Crippen LogP contribution is -2.04. The Labute approximate surface area is 252 Å². The van der Waals surface area contributed by atoms with Crippen molar-refractivity contribution in [1.29, 1.82) is 0 Å². The molecule has 6 aromatic carbocycles. The van der Waals surface area contributed by atoms with Gasteiger partial charge >= 0.3 is 11.9 Å². The van der Waals surface area contributed by atoms with Gasteiger partial charge in [-0.1, -0.05) is 97.1 Å². The molecule has 2 heterocycles. The van der Waals surface area contributed by atoms with E-state index in [4.69, 9.17) is 19.4 Å². The van der Waals surface area contributed by atoms with Crippen LogP contribution in [0.5, 0.6) is 0 Å². The summed E-state index contributed by atoms with van der Waals surface area (Å²) in [5.74, 6) is -0.667. The Balaban J connectivity index is 0.000000142. The summed E-state index contributed by atoms with van der Waals surface area (Å²) in [5.41, 5.74) is 4.37. The van der Waals surface area contributed by atoms with E-state index in [9.17, 15) is 9.59 Å². The van der Waals surface area contributed by atoms with Crippen molar-refractivity contribution in [2.24, 2.45) is 0 Å². The number of benzene rings is 6. The lowest BCUT2D eigenvalue weighted by Gasteiger charge is -2.11. The molecule has 0 fully saturated rings. The lowest BCUT2D eigenvalue weighted by atomic mass is 9.97. The van der Waals surface area contributed by atoms with E-state index in [0.29, 0.717) is 11.1 Å². The number of nitrogens with zero attached hydrogens (tertiary/aromatic N) is 2. The first-order valence-electron chi connectivity index (χ1n) is 14.2. The van der Waals surface area contributed by atoms with Crippen molar-refractivity contribution >= 4 is 77.1 Å². The molecule has 8 rings (SSSR count). The van der Waals surface area contributed by atoms with Gasteiger partial charge in [-0.2, -0.15) is 0 Å². The molecule has 2 aromatic heterocycles. The Morgan fingerprint density at radius 2 is 0.795 bits per heavy atom. The monoisotopic (exact) mass is 574 g/mol. The van der Waals surface area contributed by atoms with Crippen LogP contribution in [0.15, 0.2) is 121 Å². The van der Waals surface area contributed by atoms with Crippen molar-refractivity contribution in [1.82, 2.24) is 9.97 Å². The van der Waals surface area contributed by atoms with Gasteiger partial charge in [-0.3, -0.25) is 0 Å². The number of methoxy groups -OCH3 is 2. The van der Waals surface area contributed by atoms with Crippen LogP contribution in [0, 0.1) is 0 Å². The summed E-state index contributed by atoms with van der Waals surface area (Å²) in [6, 6.07) is 39.3. The number of hydrogen-bond donors (Lipinski definition) is 0. The van der Waals surface area contributed by atoms with E-state index in [0.717, 1.165) is 65.2 Å². The van der Waals surface area contributed by atoms with E-state index in [1.807, 2.05) is 121 Å². The molecule has 44 heavy (non-hydrogen) atoms. The first-order chi connectivity index (χ1) is 21.6. The molecule has 0 saturated carbocycles. The first kappa shape index (κ1) is 27.0. The zero-order chi connectivity index (χ0) is 30.2. The van der Waals surface area contributed by atoms with Crippen molar-refractivity contribution in [3.05, 3.63) is 132 Å². The van der Waals surface area contributed by atoms with Gasteiger partial charge in [0.25, 0.3) is 0 Å². The second kappa shape index (κ2) is 11.1. The molecule has 0 atom stereocenters. The van der Waals surface area contributed by atoms with Gasteiger partial charge in [-0.15, -0.1) is 0 Å². The molecule has 8 aromatic rings. The highest BCUT2D eigenvalue weighted by Gasteiger charge is 2.19. The van der Waals surface area contributed by atoms with Crippen LogP contribution < -0.4 is 0 Å². The molecule has 0 N–H and O–H groups in total. The second-order valence-electron chi connectivity index (χ2n) is 10.4. The summed E-state index contributed by atoms with van der Waals surface area (Å²) in [4.78, 5) is 34.3. The zero-order valence-corrected chi connectivity index (χ0v) is 24.1. The van der Waals surface area contributed by atoms with Crippen LogP contribution in [0.4, 0.5) is 0 Å². The fourth-order valence-corrected chi connectivity index (χ4v) is 5.95. The van der Waals surface area contributed by atoms with E-state index in [2.05, 4.69) is 0 Å². The third kappa shape index (κ3) is 4.44. The predicted octanol–water partition coefficient (Wildman–Crippen LogP) is 8.66. The fourth-order valence-electron chi connectivity index (χ4n) is 5.95. The molecule has 6 heteroatoms. The number of para-hydroxylation sites is 2. The van der Waals surface area contributed by atoms with Crippen LogP contribution in [0.2, 0.25) is 0 Å². The van der Waals surface area contributed by atoms with Crippen LogP contribution in [0.1, 0.15) is 20.7 Å². The number of rotatable bonds is 2. The predicted molar refractivity (Wildman–Crippen MR) is 176 cm³/mol. The molecule has 0 bridgehead atoms. The average molecular weight is 575 g/mol. The number of ether oxygens (including phenoxy) is 2. The summed E-state index contributed by atoms with van der Waals surface area (Å²) in [6.07, 6.45) is 0. The van der Waals surface area contributed by atoms with Crippen molar-refractivity contribution in [2.75, 3.05) is 14.2 Å². The highest BCUT2D eigenvalue weighted by molar-refractivity contribution is 6.23. The molecule has 0 unspecified atom stereocenters. The minimum Gasteiger partial charge on any atom is -0.465 e. The quantitative estimate of drug-likeness (QED) is 0.117. The molecular formula is C38H26N2O4. The third-order valence-corrected chi connectivity index (χ3v) is 7.92. The zero-order valence-electron chi connectivity index (χ0n) is 24.1. The number of carbonyl (C=O) groups excluding carboxylic acids is 2. The van der Waals surface area contributed by atoms with E-state index >= 15 is 0 Å². The minimum absolute atomic E-state index is 0.333. The fraction of sp³-hybridized carbons (Fsp3) is 0.0526. The van der Waals surface area contributed by atoms with Crippen LogP contribution in [-0.4, -0.2) is 36.1 Å². The number of esters is 2. The highest BCUT2D eigenvalue weighted by Crippen LogP contribution is 2.34. The largest absolute Gasteiger partial charge is 0.465 e. The van der Waals surface area contributed by atoms with Gasteiger partial charge in [0.2, 0.25) is 0 Å². The molecule has 0 aliphatic carbocycles. The Bertz CT molecular complexity index is 2250. The Morgan fingerprint density at radius 1 is 0.432 bits per heavy atom. The second-order valence-corrected chi connectivity index (χ2v) is 10.4. The van der Waals surface area contributed by atoms with Crippen molar-refractivity contribution in [2.45, 2.75) is 0 Å². The molecule has 0 aliphatic heterocycles. The van der Waals surface area contributed by atoms with Gasteiger partial charge in [0, 0.05) is 21.5 Å². The van der Waals surface area contributed by atoms with Gasteiger partial charge in [0.15, 0.2) is 0 Å². The number of hydrogen-bond acceptors (Lipinski definition) is 6. The molecule has 212 valence electrons. The smallest absolute Gasteiger partial charge is 0.339 e. The van der Waals surface area contributed by atoms with E-state index < -0.39 is 0 Å². The van der Waals surface area contributed by atoms with Gasteiger partial charge in [0.05, 0.1) is 47.4 Å². The van der Waals surface area contributed by atoms with Crippen molar-refractivity contribution in [3.8, 4) is 0 Å². The molecule has 0 saturated heterocycles. The lowest BCUT2D eigenvalue weighted by molar-refractivity contribution is 0.0596. The Morgan fingerprint density at radius 3 is 1.20 bits per heavy atom. The number of fused-ring (bicyclic) bond motifs is 8. The van der Waals surface area contributed by atoms with Crippen LogP contribution in [0.25, 0.3) is 65.2 Å². The normalized spacial score (nSPS) is 11.1. The summed E-state index contributed by atoms with van der Waals surface area (Å²) in [7, 11) is 2.82. The van der Waals surface area contributed by atoms with Crippen LogP contribution in [0.3, 0.4) is 0 Å². The summed E-state index contributed by atoms with van der Waals surface area (Å²) in [5, 5.41) is 7.52. The first-order valence-corrected chi connectivity index (χ1v) is 14.2. The van der Waals surface area contributed by atoms with Gasteiger partial charge in [0.1, 0.15) is 0 Å². The van der Waals surface area contributed by atoms with Gasteiger partial charge in [-0.05, 0) is 45.8 Å². The van der Waals surface area contributed by atoms with E-state index in [1.165, 1.54) is 14.2 Å². The average Bonchev–Trinajstić information content (AvgIpc) is 3.09. The molecule has 0 aliphatic rings. The summed E-state index contributed by atoms with van der Waals surface area (Å²) >= 11 is 0. The molecular weight excluding hydrogens is 548 g/mol. The number of aromatic nitrogens is 2. The summed E-state index contributed by atoms with van der Waals surface area (Å²) < 4.78 is 10.1. The third-order valence-electron chi connectivity index (χ3n) is 7.92. The van der Waals surface area contributed by atoms with Crippen LogP contribution >= 0.6 is 0 Å². The van der Waals surface area contributed by atoms with E-state index in [-0.39, 0.29) is 11.9 Å². The number of carbonyl (C=O) groups is 2. The Kier molecular flexibility index (Phi) is 6.79. The van der Waals surface area contributed by atoms with Gasteiger partial charge in [-0.25, -0.2) is 19.6 Å². The molecule has 0 radical (unpaired) electrons. The van der Waals surface area contributed by atoms with Crippen molar-refractivity contribution in [3.63, 3.8) is 0 Å². The minimum atomic E-state index is -0.333. The molecule has 0 amide bonds. The maximum Gasteiger partial charge on any atom is 0.339 e. The van der Waals surface area contributed by atoms with E-state index in [1.54, 1.807) is 0 Å². The standard InChI is InChI=1S/2C19H13NO2/c2*1-22-19(21)18-14-8-4-5-9-15(14)20-16-11-10-12-6-2-3-7-13(12)17(16)18/h2*2-11H,1H3. The topological polar surface area (TPSA) is 78.4 Å². The SMILES string of the molecule is COC(=O)c1c2ccccc2nc2ccc3ccccc3c12.COC(=O)c1c2ccccc2nc2ccc3ccccc3c12. The number of pyridine rings is 2. The maximum atomic E-state index is 12.4. The van der Waals surface area contributed by atoms with Crippen LogP contribution in [-0.2, 0) is 9.47 Å². The Hall–Kier alpha value is -5.88. The maximum absolute atomic E-state index is 12.4. The highest BCUT2D eigenvalue weighted by atomic mass is 16.5. The van der Waals surface area contributed by atoms with Crippen molar-refractivity contribution < 1.29 is 19.1 Å². The molecule has 0 spiro atoms.